The van der Waals surface area contributed by atoms with Crippen LogP contribution in [0, 0.1) is 11.3 Å². The fourth-order valence-corrected chi connectivity index (χ4v) is 2.52. The van der Waals surface area contributed by atoms with Gasteiger partial charge < -0.3 is 20.1 Å². The van der Waals surface area contributed by atoms with Gasteiger partial charge in [-0.2, -0.15) is 0 Å². The van der Waals surface area contributed by atoms with E-state index >= 15 is 0 Å². The molecule has 0 bridgehead atoms. The van der Waals surface area contributed by atoms with E-state index < -0.39 is 11.4 Å². The van der Waals surface area contributed by atoms with E-state index in [1.54, 1.807) is 6.92 Å². The molecule has 0 spiro atoms. The molecule has 0 radical (unpaired) electrons. The Kier molecular flexibility index (Phi) is 5.99. The van der Waals surface area contributed by atoms with Crippen LogP contribution in [0.5, 0.6) is 0 Å². The van der Waals surface area contributed by atoms with Crippen LogP contribution in [0.2, 0.25) is 0 Å². The lowest BCUT2D eigenvalue weighted by Gasteiger charge is -2.28. The maximum absolute atomic E-state index is 12.0. The summed E-state index contributed by atoms with van der Waals surface area (Å²) < 4.78 is 4.76. The summed E-state index contributed by atoms with van der Waals surface area (Å²) in [6.07, 6.45) is 0.562. The van der Waals surface area contributed by atoms with Gasteiger partial charge in [0, 0.05) is 19.6 Å². The smallest absolute Gasteiger partial charge is 0.317 e. The molecule has 1 heterocycles. The van der Waals surface area contributed by atoms with Gasteiger partial charge in [0.15, 0.2) is 0 Å². The fourth-order valence-electron chi connectivity index (χ4n) is 2.52. The molecule has 1 aliphatic heterocycles. The summed E-state index contributed by atoms with van der Waals surface area (Å²) in [7, 11) is 0. The lowest BCUT2D eigenvalue weighted by Crippen LogP contribution is -2.44. The summed E-state index contributed by atoms with van der Waals surface area (Å²) in [6, 6.07) is -0.330. The molecule has 1 rings (SSSR count). The molecule has 0 saturated carbocycles. The molecule has 120 valence electrons. The second-order valence-electron chi connectivity index (χ2n) is 5.57. The molecule has 0 aromatic heterocycles. The molecule has 0 aliphatic carbocycles. The summed E-state index contributed by atoms with van der Waals surface area (Å²) in [5, 5.41) is 12.0. The molecule has 1 saturated heterocycles. The molecule has 0 aromatic carbocycles. The summed E-state index contributed by atoms with van der Waals surface area (Å²) in [5.74, 6) is -1.27. The maximum atomic E-state index is 12.0. The van der Waals surface area contributed by atoms with Crippen molar-refractivity contribution in [1.29, 1.82) is 0 Å². The number of carbonyl (C=O) groups excluding carboxylic acids is 2. The minimum absolute atomic E-state index is 0.0488. The van der Waals surface area contributed by atoms with E-state index in [2.05, 4.69) is 5.32 Å². The van der Waals surface area contributed by atoms with Crippen LogP contribution >= 0.6 is 0 Å². The molecular formula is C14H24N2O5. The first-order valence-corrected chi connectivity index (χ1v) is 7.25. The normalized spacial score (nSPS) is 21.4. The van der Waals surface area contributed by atoms with Crippen molar-refractivity contribution in [2.24, 2.45) is 11.3 Å². The van der Waals surface area contributed by atoms with Gasteiger partial charge in [-0.25, -0.2) is 4.79 Å². The third-order valence-corrected chi connectivity index (χ3v) is 4.03. The van der Waals surface area contributed by atoms with Crippen molar-refractivity contribution in [2.75, 3.05) is 26.2 Å². The van der Waals surface area contributed by atoms with Gasteiger partial charge in [-0.1, -0.05) is 13.8 Å². The van der Waals surface area contributed by atoms with Crippen molar-refractivity contribution >= 4 is 18.0 Å². The predicted octanol–water partition coefficient (Wildman–Crippen LogP) is 1.08. The Labute approximate surface area is 124 Å². The van der Waals surface area contributed by atoms with Gasteiger partial charge >= 0.3 is 18.0 Å². The highest BCUT2D eigenvalue weighted by Crippen LogP contribution is 2.38. The number of nitrogens with zero attached hydrogens (tertiary/aromatic N) is 1. The lowest BCUT2D eigenvalue weighted by molar-refractivity contribution is -0.150. The minimum atomic E-state index is -0.877. The van der Waals surface area contributed by atoms with Gasteiger partial charge in [0.2, 0.25) is 0 Å². The van der Waals surface area contributed by atoms with E-state index in [9.17, 15) is 19.5 Å². The number of hydrogen-bond donors (Lipinski definition) is 2. The Morgan fingerprint density at radius 2 is 2.05 bits per heavy atom. The minimum Gasteiger partial charge on any atom is -0.481 e. The summed E-state index contributed by atoms with van der Waals surface area (Å²) >= 11 is 0. The molecular weight excluding hydrogens is 276 g/mol. The van der Waals surface area contributed by atoms with Crippen LogP contribution in [-0.2, 0) is 14.3 Å². The average molecular weight is 300 g/mol. The number of carbonyl (C=O) groups is 3. The van der Waals surface area contributed by atoms with Crippen molar-refractivity contribution < 1.29 is 24.2 Å². The highest BCUT2D eigenvalue weighted by atomic mass is 16.5. The molecule has 7 nitrogen and oxygen atoms in total. The van der Waals surface area contributed by atoms with Gasteiger partial charge in [-0.15, -0.1) is 0 Å². The topological polar surface area (TPSA) is 95.9 Å². The second-order valence-corrected chi connectivity index (χ2v) is 5.57. The zero-order valence-corrected chi connectivity index (χ0v) is 12.8. The Hall–Kier alpha value is -1.79. The van der Waals surface area contributed by atoms with Crippen LogP contribution in [0.4, 0.5) is 4.79 Å². The number of likely N-dealkylation sites (tertiary alicyclic amines) is 1. The standard InChI is InChI=1S/C14H24N2O5/c1-4-21-11(17)5-7-15-13(20)16-8-6-14(9-16,10(2)3)12(18)19/h10H,4-9H2,1-3H3,(H,15,20)(H,18,19). The first kappa shape index (κ1) is 17.3. The number of hydrogen-bond acceptors (Lipinski definition) is 4. The third-order valence-electron chi connectivity index (χ3n) is 4.03. The Bertz CT molecular complexity index is 410. The Balaban J connectivity index is 2.47. The molecule has 7 heteroatoms. The number of carboxylic acid groups (broad SMARTS) is 1. The van der Waals surface area contributed by atoms with Gasteiger partial charge in [-0.05, 0) is 19.3 Å². The highest BCUT2D eigenvalue weighted by Gasteiger charge is 2.48. The van der Waals surface area contributed by atoms with Gasteiger partial charge in [0.25, 0.3) is 0 Å². The number of amides is 2. The molecule has 2 amide bonds. The molecule has 1 atom stereocenters. The van der Waals surface area contributed by atoms with Crippen LogP contribution < -0.4 is 5.32 Å². The predicted molar refractivity (Wildman–Crippen MR) is 75.7 cm³/mol. The Morgan fingerprint density at radius 1 is 1.38 bits per heavy atom. The van der Waals surface area contributed by atoms with Crippen LogP contribution in [0.15, 0.2) is 0 Å². The number of urea groups is 1. The molecule has 1 fully saturated rings. The van der Waals surface area contributed by atoms with Crippen LogP contribution in [0.3, 0.4) is 0 Å². The van der Waals surface area contributed by atoms with E-state index in [4.69, 9.17) is 4.74 Å². The van der Waals surface area contributed by atoms with E-state index in [1.807, 2.05) is 13.8 Å². The first-order chi connectivity index (χ1) is 9.83. The van der Waals surface area contributed by atoms with Crippen LogP contribution in [0.1, 0.15) is 33.6 Å². The van der Waals surface area contributed by atoms with E-state index in [-0.39, 0.29) is 37.4 Å². The van der Waals surface area contributed by atoms with Gasteiger partial charge in [0.1, 0.15) is 0 Å². The molecule has 0 aromatic rings. The van der Waals surface area contributed by atoms with Crippen molar-refractivity contribution in [3.8, 4) is 0 Å². The molecule has 1 aliphatic rings. The summed E-state index contributed by atoms with van der Waals surface area (Å²) in [5.41, 5.74) is -0.877. The number of aliphatic carboxylic acids is 1. The monoisotopic (exact) mass is 300 g/mol. The second kappa shape index (κ2) is 7.28. The highest BCUT2D eigenvalue weighted by molar-refractivity contribution is 5.80. The largest absolute Gasteiger partial charge is 0.481 e. The van der Waals surface area contributed by atoms with Crippen LogP contribution in [0.25, 0.3) is 0 Å². The van der Waals surface area contributed by atoms with Gasteiger partial charge in [-0.3, -0.25) is 9.59 Å². The Morgan fingerprint density at radius 3 is 2.52 bits per heavy atom. The lowest BCUT2D eigenvalue weighted by atomic mass is 9.76. The fraction of sp³-hybridized carbons (Fsp3) is 0.786. The first-order valence-electron chi connectivity index (χ1n) is 7.25. The van der Waals surface area contributed by atoms with Crippen LogP contribution in [-0.4, -0.2) is 54.2 Å². The van der Waals surface area contributed by atoms with E-state index in [1.165, 1.54) is 4.90 Å². The number of esters is 1. The average Bonchev–Trinajstić information content (AvgIpc) is 2.85. The van der Waals surface area contributed by atoms with Crippen molar-refractivity contribution in [2.45, 2.75) is 33.6 Å². The quantitative estimate of drug-likeness (QED) is 0.716. The van der Waals surface area contributed by atoms with Crippen molar-refractivity contribution in [1.82, 2.24) is 10.2 Å². The molecule has 2 N–H and O–H groups in total. The number of rotatable bonds is 6. The summed E-state index contributed by atoms with van der Waals surface area (Å²) in [6.45, 7) is 6.55. The zero-order chi connectivity index (χ0) is 16.0. The van der Waals surface area contributed by atoms with E-state index in [0.29, 0.717) is 19.6 Å². The summed E-state index contributed by atoms with van der Waals surface area (Å²) in [4.78, 5) is 36.1. The zero-order valence-electron chi connectivity index (χ0n) is 12.8. The van der Waals surface area contributed by atoms with Crippen molar-refractivity contribution in [3.63, 3.8) is 0 Å². The molecule has 1 unspecified atom stereocenters. The number of nitrogens with one attached hydrogen (secondary N) is 1. The van der Waals surface area contributed by atoms with Crippen molar-refractivity contribution in [3.05, 3.63) is 0 Å². The maximum Gasteiger partial charge on any atom is 0.317 e. The molecule has 21 heavy (non-hydrogen) atoms. The third kappa shape index (κ3) is 4.09. The SMILES string of the molecule is CCOC(=O)CCNC(=O)N1CCC(C(=O)O)(C(C)C)C1. The van der Waals surface area contributed by atoms with Gasteiger partial charge in [0.05, 0.1) is 18.4 Å². The number of carboxylic acids is 1. The number of ether oxygens (including phenoxy) is 1. The van der Waals surface area contributed by atoms with E-state index in [0.717, 1.165) is 0 Å².